The second-order valence-electron chi connectivity index (χ2n) is 5.00. The minimum Gasteiger partial charge on any atom is -0.497 e. The first-order valence-electron chi connectivity index (χ1n) is 6.65. The third-order valence-corrected chi connectivity index (χ3v) is 3.34. The number of aliphatic hydroxyl groups excluding tert-OH is 1. The number of nitrogens with one attached hydrogen (secondary N) is 1. The van der Waals surface area contributed by atoms with Crippen LogP contribution in [-0.4, -0.2) is 31.5 Å². The molecule has 0 aliphatic carbocycles. The van der Waals surface area contributed by atoms with E-state index < -0.39 is 0 Å². The van der Waals surface area contributed by atoms with Gasteiger partial charge in [-0.3, -0.25) is 0 Å². The molecule has 1 aromatic rings. The van der Waals surface area contributed by atoms with Crippen molar-refractivity contribution in [3.05, 3.63) is 23.8 Å². The van der Waals surface area contributed by atoms with Gasteiger partial charge in [-0.25, -0.2) is 0 Å². The number of ether oxygens (including phenoxy) is 2. The van der Waals surface area contributed by atoms with Crippen molar-refractivity contribution in [3.8, 4) is 11.5 Å². The van der Waals surface area contributed by atoms with Crippen molar-refractivity contribution in [2.45, 2.75) is 38.8 Å². The molecule has 0 aromatic heterocycles. The van der Waals surface area contributed by atoms with Crippen LogP contribution >= 0.6 is 0 Å². The largest absolute Gasteiger partial charge is 0.497 e. The van der Waals surface area contributed by atoms with Gasteiger partial charge in [-0.15, -0.1) is 0 Å². The Morgan fingerprint density at radius 3 is 2.53 bits per heavy atom. The zero-order chi connectivity index (χ0) is 14.3. The topological polar surface area (TPSA) is 50.7 Å². The lowest BCUT2D eigenvalue weighted by molar-refractivity contribution is 0.163. The summed E-state index contributed by atoms with van der Waals surface area (Å²) in [5.74, 6) is 1.63. The highest BCUT2D eigenvalue weighted by molar-refractivity contribution is 5.40. The van der Waals surface area contributed by atoms with Gasteiger partial charge in [-0.2, -0.15) is 0 Å². The Labute approximate surface area is 115 Å². The van der Waals surface area contributed by atoms with E-state index in [-0.39, 0.29) is 12.1 Å². The number of methoxy groups -OCH3 is 2. The van der Waals surface area contributed by atoms with Crippen molar-refractivity contribution in [2.24, 2.45) is 0 Å². The molecule has 1 atom stereocenters. The zero-order valence-electron chi connectivity index (χ0n) is 12.3. The molecule has 4 nitrogen and oxygen atoms in total. The number of rotatable bonds is 8. The van der Waals surface area contributed by atoms with Crippen LogP contribution in [0.2, 0.25) is 0 Å². The normalized spacial score (nSPS) is 13.9. The maximum atomic E-state index is 9.50. The molecular weight excluding hydrogens is 242 g/mol. The van der Waals surface area contributed by atoms with Crippen molar-refractivity contribution in [1.29, 1.82) is 0 Å². The van der Waals surface area contributed by atoms with Gasteiger partial charge in [0.25, 0.3) is 0 Å². The Bertz CT molecular complexity index is 395. The fourth-order valence-corrected chi connectivity index (χ4v) is 2.10. The van der Waals surface area contributed by atoms with Crippen LogP contribution in [0.4, 0.5) is 0 Å². The lowest BCUT2D eigenvalue weighted by atomic mass is 9.97. The summed E-state index contributed by atoms with van der Waals surface area (Å²) in [4.78, 5) is 0. The predicted molar refractivity (Wildman–Crippen MR) is 76.8 cm³/mol. The molecule has 0 heterocycles. The average Bonchev–Trinajstić information content (AvgIpc) is 2.45. The van der Waals surface area contributed by atoms with Crippen LogP contribution in [0.25, 0.3) is 0 Å². The molecule has 0 saturated carbocycles. The van der Waals surface area contributed by atoms with E-state index in [0.717, 1.165) is 29.9 Å². The van der Waals surface area contributed by atoms with Crippen LogP contribution in [0.1, 0.15) is 32.3 Å². The molecule has 2 N–H and O–H groups in total. The van der Waals surface area contributed by atoms with Crippen molar-refractivity contribution < 1.29 is 14.6 Å². The molecule has 108 valence electrons. The molecule has 1 unspecified atom stereocenters. The van der Waals surface area contributed by atoms with Crippen LogP contribution < -0.4 is 14.8 Å². The van der Waals surface area contributed by atoms with Crippen molar-refractivity contribution in [1.82, 2.24) is 5.32 Å². The molecule has 0 aliphatic heterocycles. The summed E-state index contributed by atoms with van der Waals surface area (Å²) in [5, 5.41) is 12.9. The van der Waals surface area contributed by atoms with Gasteiger partial charge in [0, 0.05) is 17.6 Å². The summed E-state index contributed by atoms with van der Waals surface area (Å²) in [5.41, 5.74) is 0.765. The Kier molecular flexibility index (Phi) is 6.12. The van der Waals surface area contributed by atoms with Gasteiger partial charge in [0.15, 0.2) is 0 Å². The number of hydrogen-bond donors (Lipinski definition) is 2. The summed E-state index contributed by atoms with van der Waals surface area (Å²) < 4.78 is 10.6. The molecule has 0 bridgehead atoms. The molecule has 0 saturated heterocycles. The zero-order valence-corrected chi connectivity index (χ0v) is 12.3. The Morgan fingerprint density at radius 2 is 2.00 bits per heavy atom. The molecule has 1 rings (SSSR count). The minimum absolute atomic E-state index is 0.118. The van der Waals surface area contributed by atoms with Crippen LogP contribution in [0.15, 0.2) is 18.2 Å². The van der Waals surface area contributed by atoms with Gasteiger partial charge in [0.2, 0.25) is 0 Å². The molecule has 19 heavy (non-hydrogen) atoms. The third-order valence-electron chi connectivity index (χ3n) is 3.34. The second kappa shape index (κ2) is 7.36. The lowest BCUT2D eigenvalue weighted by Crippen LogP contribution is -2.45. The van der Waals surface area contributed by atoms with Crippen molar-refractivity contribution in [2.75, 3.05) is 20.8 Å². The monoisotopic (exact) mass is 267 g/mol. The van der Waals surface area contributed by atoms with Crippen LogP contribution in [-0.2, 0) is 6.54 Å². The quantitative estimate of drug-likeness (QED) is 0.759. The summed E-state index contributed by atoms with van der Waals surface area (Å²) in [6, 6.07) is 5.72. The summed E-state index contributed by atoms with van der Waals surface area (Å²) >= 11 is 0. The fraction of sp³-hybridized carbons (Fsp3) is 0.600. The van der Waals surface area contributed by atoms with Gasteiger partial charge >= 0.3 is 0 Å². The van der Waals surface area contributed by atoms with E-state index in [1.54, 1.807) is 14.2 Å². The number of benzene rings is 1. The third kappa shape index (κ3) is 4.40. The van der Waals surface area contributed by atoms with Crippen molar-refractivity contribution in [3.63, 3.8) is 0 Å². The summed E-state index contributed by atoms with van der Waals surface area (Å²) in [7, 11) is 3.30. The van der Waals surface area contributed by atoms with E-state index in [9.17, 15) is 5.11 Å². The lowest BCUT2D eigenvalue weighted by Gasteiger charge is -2.29. The first kappa shape index (κ1) is 15.8. The minimum atomic E-state index is -0.261. The van der Waals surface area contributed by atoms with Gasteiger partial charge < -0.3 is 19.9 Å². The molecule has 0 radical (unpaired) electrons. The van der Waals surface area contributed by atoms with E-state index in [2.05, 4.69) is 12.2 Å². The smallest absolute Gasteiger partial charge is 0.123 e. The highest BCUT2D eigenvalue weighted by Gasteiger charge is 2.21. The highest BCUT2D eigenvalue weighted by Crippen LogP contribution is 2.24. The SMILES string of the molecule is CCCC(C)(CO)NCc1cc(OC)ccc1OC. The maximum absolute atomic E-state index is 9.50. The highest BCUT2D eigenvalue weighted by atomic mass is 16.5. The van der Waals surface area contributed by atoms with E-state index in [1.807, 2.05) is 25.1 Å². The molecule has 4 heteroatoms. The average molecular weight is 267 g/mol. The molecule has 0 aliphatic rings. The second-order valence-corrected chi connectivity index (χ2v) is 5.00. The Morgan fingerprint density at radius 1 is 1.26 bits per heavy atom. The fourth-order valence-electron chi connectivity index (χ4n) is 2.10. The first-order valence-corrected chi connectivity index (χ1v) is 6.65. The summed E-state index contributed by atoms with van der Waals surface area (Å²) in [6.07, 6.45) is 1.95. The molecule has 1 aromatic carbocycles. The number of aliphatic hydroxyl groups is 1. The van der Waals surface area contributed by atoms with Gasteiger partial charge in [-0.1, -0.05) is 13.3 Å². The van der Waals surface area contributed by atoms with E-state index in [0.29, 0.717) is 6.54 Å². The van der Waals surface area contributed by atoms with E-state index >= 15 is 0 Å². The first-order chi connectivity index (χ1) is 9.08. The van der Waals surface area contributed by atoms with E-state index in [1.165, 1.54) is 0 Å². The predicted octanol–water partition coefficient (Wildman–Crippen LogP) is 2.34. The standard InChI is InChI=1S/C15H25NO3/c1-5-8-15(2,11-17)16-10-12-9-13(18-3)6-7-14(12)19-4/h6-7,9,16-17H,5,8,10-11H2,1-4H3. The molecule has 0 spiro atoms. The molecular formula is C15H25NO3. The van der Waals surface area contributed by atoms with E-state index in [4.69, 9.17) is 9.47 Å². The van der Waals surface area contributed by atoms with Gasteiger partial charge in [0.05, 0.1) is 20.8 Å². The number of hydrogen-bond acceptors (Lipinski definition) is 4. The Hall–Kier alpha value is -1.26. The van der Waals surface area contributed by atoms with Crippen molar-refractivity contribution >= 4 is 0 Å². The van der Waals surface area contributed by atoms with Crippen LogP contribution in [0.5, 0.6) is 11.5 Å². The van der Waals surface area contributed by atoms with Gasteiger partial charge in [-0.05, 0) is 31.5 Å². The molecule has 0 amide bonds. The summed E-state index contributed by atoms with van der Waals surface area (Å²) in [6.45, 7) is 4.90. The molecule has 0 fully saturated rings. The maximum Gasteiger partial charge on any atom is 0.123 e. The van der Waals surface area contributed by atoms with Gasteiger partial charge in [0.1, 0.15) is 11.5 Å². The Balaban J connectivity index is 2.80. The van der Waals surface area contributed by atoms with Crippen LogP contribution in [0.3, 0.4) is 0 Å². The van der Waals surface area contributed by atoms with Crippen LogP contribution in [0, 0.1) is 0 Å².